The molecule has 0 saturated heterocycles. The summed E-state index contributed by atoms with van der Waals surface area (Å²) in [6.45, 7) is 2.91. The van der Waals surface area contributed by atoms with Gasteiger partial charge in [-0.15, -0.1) is 0 Å². The van der Waals surface area contributed by atoms with Gasteiger partial charge in [0.2, 0.25) is 11.8 Å². The zero-order valence-corrected chi connectivity index (χ0v) is 16.0. The zero-order chi connectivity index (χ0) is 18.4. The Morgan fingerprint density at radius 2 is 1.77 bits per heavy atom. The maximum Gasteiger partial charge on any atom is 0.230 e. The zero-order valence-electron chi connectivity index (χ0n) is 16.0. The Kier molecular flexibility index (Phi) is 6.33. The number of hydrogen-bond donors (Lipinski definition) is 2. The third-order valence-electron chi connectivity index (χ3n) is 5.94. The minimum Gasteiger partial charge on any atom is -0.355 e. The van der Waals surface area contributed by atoms with Crippen LogP contribution >= 0.6 is 0 Å². The fourth-order valence-corrected chi connectivity index (χ4v) is 4.00. The standard InChI is InChI=1S/C22H32N2O2/c1-2-3-9-20(25)24-19-12-10-18(11-13-19)22(14-15-22)21(26)23-16-17-7-5-4-6-8-17/h10-13,17H,2-9,14-16H2,1H3,(H,23,26)(H,24,25). The quantitative estimate of drug-likeness (QED) is 0.718. The van der Waals surface area contributed by atoms with E-state index in [1.807, 2.05) is 24.3 Å². The molecule has 0 aliphatic heterocycles. The third kappa shape index (κ3) is 4.66. The highest BCUT2D eigenvalue weighted by Crippen LogP contribution is 2.48. The summed E-state index contributed by atoms with van der Waals surface area (Å²) in [5.41, 5.74) is 1.55. The number of amides is 2. The maximum atomic E-state index is 12.8. The number of benzene rings is 1. The van der Waals surface area contributed by atoms with Crippen LogP contribution in [0.25, 0.3) is 0 Å². The number of hydrogen-bond acceptors (Lipinski definition) is 2. The fraction of sp³-hybridized carbons (Fsp3) is 0.636. The van der Waals surface area contributed by atoms with Gasteiger partial charge in [0.25, 0.3) is 0 Å². The van der Waals surface area contributed by atoms with Gasteiger partial charge in [-0.1, -0.05) is 44.7 Å². The van der Waals surface area contributed by atoms with Gasteiger partial charge in [0.15, 0.2) is 0 Å². The van der Waals surface area contributed by atoms with Crippen molar-refractivity contribution in [2.75, 3.05) is 11.9 Å². The molecule has 1 aromatic rings. The summed E-state index contributed by atoms with van der Waals surface area (Å²) in [4.78, 5) is 24.6. The smallest absolute Gasteiger partial charge is 0.230 e. The molecule has 2 aliphatic carbocycles. The lowest BCUT2D eigenvalue weighted by Crippen LogP contribution is -2.38. The van der Waals surface area contributed by atoms with E-state index in [1.165, 1.54) is 32.1 Å². The largest absolute Gasteiger partial charge is 0.355 e. The molecule has 142 valence electrons. The molecule has 4 nitrogen and oxygen atoms in total. The highest BCUT2D eigenvalue weighted by molar-refractivity contribution is 5.92. The van der Waals surface area contributed by atoms with Crippen molar-refractivity contribution in [1.82, 2.24) is 5.32 Å². The van der Waals surface area contributed by atoms with Crippen LogP contribution in [-0.2, 0) is 15.0 Å². The van der Waals surface area contributed by atoms with Gasteiger partial charge < -0.3 is 10.6 Å². The molecule has 2 aliphatic rings. The van der Waals surface area contributed by atoms with Crippen molar-refractivity contribution in [1.29, 1.82) is 0 Å². The van der Waals surface area contributed by atoms with E-state index in [4.69, 9.17) is 0 Å². The van der Waals surface area contributed by atoms with E-state index >= 15 is 0 Å². The van der Waals surface area contributed by atoms with Gasteiger partial charge in [0.05, 0.1) is 5.41 Å². The molecule has 2 fully saturated rings. The monoisotopic (exact) mass is 356 g/mol. The molecule has 26 heavy (non-hydrogen) atoms. The lowest BCUT2D eigenvalue weighted by molar-refractivity contribution is -0.123. The normalized spacial score (nSPS) is 19.0. The summed E-state index contributed by atoms with van der Waals surface area (Å²) >= 11 is 0. The van der Waals surface area contributed by atoms with Gasteiger partial charge >= 0.3 is 0 Å². The second-order valence-electron chi connectivity index (χ2n) is 8.03. The first-order chi connectivity index (χ1) is 12.6. The highest BCUT2D eigenvalue weighted by Gasteiger charge is 2.51. The maximum absolute atomic E-state index is 12.8. The van der Waals surface area contributed by atoms with Crippen LogP contribution in [0.1, 0.15) is 76.7 Å². The van der Waals surface area contributed by atoms with E-state index in [0.717, 1.165) is 43.5 Å². The van der Waals surface area contributed by atoms with Gasteiger partial charge in [0.1, 0.15) is 0 Å². The molecule has 0 bridgehead atoms. The Morgan fingerprint density at radius 1 is 1.08 bits per heavy atom. The molecule has 0 aromatic heterocycles. The molecule has 2 N–H and O–H groups in total. The van der Waals surface area contributed by atoms with Gasteiger partial charge in [-0.05, 0) is 55.7 Å². The van der Waals surface area contributed by atoms with Gasteiger partial charge in [-0.3, -0.25) is 9.59 Å². The molecule has 0 radical (unpaired) electrons. The number of rotatable bonds is 8. The van der Waals surface area contributed by atoms with Crippen molar-refractivity contribution in [3.63, 3.8) is 0 Å². The van der Waals surface area contributed by atoms with Crippen LogP contribution in [0.3, 0.4) is 0 Å². The summed E-state index contributed by atoms with van der Waals surface area (Å²) < 4.78 is 0. The second kappa shape index (κ2) is 8.70. The van der Waals surface area contributed by atoms with E-state index in [-0.39, 0.29) is 17.2 Å². The molecule has 4 heteroatoms. The van der Waals surface area contributed by atoms with Crippen LogP contribution < -0.4 is 10.6 Å². The van der Waals surface area contributed by atoms with E-state index in [9.17, 15) is 9.59 Å². The average molecular weight is 357 g/mol. The van der Waals surface area contributed by atoms with E-state index in [2.05, 4.69) is 17.6 Å². The third-order valence-corrected chi connectivity index (χ3v) is 5.94. The van der Waals surface area contributed by atoms with E-state index in [1.54, 1.807) is 0 Å². The van der Waals surface area contributed by atoms with E-state index < -0.39 is 0 Å². The average Bonchev–Trinajstić information content (AvgIpc) is 3.48. The van der Waals surface area contributed by atoms with Crippen molar-refractivity contribution in [2.24, 2.45) is 5.92 Å². The van der Waals surface area contributed by atoms with Gasteiger partial charge in [0, 0.05) is 18.7 Å². The molecular weight excluding hydrogens is 324 g/mol. The SMILES string of the molecule is CCCCC(=O)Nc1ccc(C2(C(=O)NCC3CCCCC3)CC2)cc1. The van der Waals surface area contributed by atoms with Crippen molar-refractivity contribution in [2.45, 2.75) is 76.5 Å². The molecule has 0 spiro atoms. The van der Waals surface area contributed by atoms with E-state index in [0.29, 0.717) is 12.3 Å². The van der Waals surface area contributed by atoms with Crippen LogP contribution in [0.5, 0.6) is 0 Å². The Balaban J connectivity index is 1.53. The molecule has 0 atom stereocenters. The summed E-state index contributed by atoms with van der Waals surface area (Å²) in [5.74, 6) is 0.901. The number of carbonyl (C=O) groups excluding carboxylic acids is 2. The number of nitrogens with one attached hydrogen (secondary N) is 2. The summed E-state index contributed by atoms with van der Waals surface area (Å²) in [6.07, 6.45) is 10.8. The highest BCUT2D eigenvalue weighted by atomic mass is 16.2. The van der Waals surface area contributed by atoms with Crippen molar-refractivity contribution in [3.05, 3.63) is 29.8 Å². The molecule has 2 amide bonds. The van der Waals surface area contributed by atoms with Gasteiger partial charge in [-0.25, -0.2) is 0 Å². The number of carbonyl (C=O) groups is 2. The van der Waals surface area contributed by atoms with Crippen molar-refractivity contribution < 1.29 is 9.59 Å². The number of anilines is 1. The molecule has 3 rings (SSSR count). The van der Waals surface area contributed by atoms with Crippen LogP contribution in [0.15, 0.2) is 24.3 Å². The summed E-state index contributed by atoms with van der Waals surface area (Å²) in [5, 5.41) is 6.15. The van der Waals surface area contributed by atoms with Crippen LogP contribution in [0.2, 0.25) is 0 Å². The topological polar surface area (TPSA) is 58.2 Å². The minimum atomic E-state index is -0.334. The van der Waals surface area contributed by atoms with Crippen molar-refractivity contribution >= 4 is 17.5 Å². The van der Waals surface area contributed by atoms with Crippen LogP contribution in [0, 0.1) is 5.92 Å². The predicted octanol–water partition coefficient (Wildman–Crippen LogP) is 4.54. The molecule has 0 heterocycles. The van der Waals surface area contributed by atoms with Crippen molar-refractivity contribution in [3.8, 4) is 0 Å². The summed E-state index contributed by atoms with van der Waals surface area (Å²) in [6, 6.07) is 7.85. The van der Waals surface area contributed by atoms with Gasteiger partial charge in [-0.2, -0.15) is 0 Å². The predicted molar refractivity (Wildman–Crippen MR) is 105 cm³/mol. The lowest BCUT2D eigenvalue weighted by atomic mass is 9.88. The molecule has 0 unspecified atom stereocenters. The Morgan fingerprint density at radius 3 is 2.38 bits per heavy atom. The Labute approximate surface area is 157 Å². The first-order valence-corrected chi connectivity index (χ1v) is 10.3. The Bertz CT molecular complexity index is 614. The Hall–Kier alpha value is -1.84. The summed E-state index contributed by atoms with van der Waals surface area (Å²) in [7, 11) is 0. The number of unbranched alkanes of at least 4 members (excludes halogenated alkanes) is 1. The first kappa shape index (κ1) is 18.9. The van der Waals surface area contributed by atoms with Crippen LogP contribution in [0.4, 0.5) is 5.69 Å². The lowest BCUT2D eigenvalue weighted by Gasteiger charge is -2.23. The molecular formula is C22H32N2O2. The molecule has 1 aromatic carbocycles. The minimum absolute atomic E-state index is 0.0611. The fourth-order valence-electron chi connectivity index (χ4n) is 4.00. The second-order valence-corrected chi connectivity index (χ2v) is 8.03. The first-order valence-electron chi connectivity index (χ1n) is 10.3. The molecule has 2 saturated carbocycles. The van der Waals surface area contributed by atoms with Crippen LogP contribution in [-0.4, -0.2) is 18.4 Å².